The Bertz CT molecular complexity index is 1190. The lowest BCUT2D eigenvalue weighted by molar-refractivity contribution is 0.163. The van der Waals surface area contributed by atoms with Crippen LogP contribution in [-0.4, -0.2) is 37.7 Å². The molecule has 10 heteroatoms. The van der Waals surface area contributed by atoms with Crippen LogP contribution in [0.3, 0.4) is 0 Å². The molecule has 1 N–H and O–H groups in total. The molecule has 0 aliphatic heterocycles. The van der Waals surface area contributed by atoms with Gasteiger partial charge in [-0.15, -0.1) is 10.2 Å². The maximum atomic E-state index is 12.4. The van der Waals surface area contributed by atoms with E-state index in [1.807, 2.05) is 35.9 Å². The molecule has 0 bridgehead atoms. The van der Waals surface area contributed by atoms with Crippen molar-refractivity contribution in [2.45, 2.75) is 6.43 Å². The number of nitrogens with zero attached hydrogens (tertiary/aromatic N) is 6. The molecule has 0 spiro atoms. The minimum absolute atomic E-state index is 0.119. The van der Waals surface area contributed by atoms with Gasteiger partial charge in [-0.2, -0.15) is 5.26 Å². The van der Waals surface area contributed by atoms with Gasteiger partial charge in [0.1, 0.15) is 11.8 Å². The average Bonchev–Trinajstić information content (AvgIpc) is 3.33. The summed E-state index contributed by atoms with van der Waals surface area (Å²) in [5.41, 5.74) is 3.10. The molecule has 0 unspecified atom stereocenters. The molecule has 28 heavy (non-hydrogen) atoms. The number of nitrogens with one attached hydrogen (secondary N) is 1. The Balaban J connectivity index is 1.64. The minimum Gasteiger partial charge on any atom is -0.415 e. The fraction of sp³-hybridized carbons (Fsp3) is 0.167. The number of hydrogen-bond acceptors (Lipinski definition) is 7. The van der Waals surface area contributed by atoms with Gasteiger partial charge in [-0.3, -0.25) is 0 Å². The Labute approximate surface area is 157 Å². The van der Waals surface area contributed by atoms with Gasteiger partial charge in [0.2, 0.25) is 5.89 Å². The predicted octanol–water partition coefficient (Wildman–Crippen LogP) is 3.23. The molecule has 140 valence electrons. The van der Waals surface area contributed by atoms with Crippen molar-refractivity contribution in [3.05, 3.63) is 42.4 Å². The van der Waals surface area contributed by atoms with Crippen molar-refractivity contribution in [2.24, 2.45) is 7.05 Å². The second kappa shape index (κ2) is 7.03. The van der Waals surface area contributed by atoms with E-state index in [2.05, 4.69) is 25.5 Å². The summed E-state index contributed by atoms with van der Waals surface area (Å²) < 4.78 is 32.3. The highest BCUT2D eigenvalue weighted by atomic mass is 19.3. The standard InChI is InChI=1S/C18H13F2N7O/c1-27-9-24-12-4-10(2-3-15(12)27)17-25-26-18(28-17)13-5-11(6-21)14(7-22-13)23-8-16(19)20/h2-5,7,9,16,23H,8H2,1H3. The molecule has 4 aromatic rings. The number of fused-ring (bicyclic) bond motifs is 1. The van der Waals surface area contributed by atoms with E-state index in [1.54, 1.807) is 6.33 Å². The van der Waals surface area contributed by atoms with E-state index in [1.165, 1.54) is 12.3 Å². The summed E-state index contributed by atoms with van der Waals surface area (Å²) in [6, 6.07) is 8.92. The number of aryl methyl sites for hydroxylation is 1. The van der Waals surface area contributed by atoms with Gasteiger partial charge in [0.15, 0.2) is 0 Å². The van der Waals surface area contributed by atoms with Crippen LogP contribution >= 0.6 is 0 Å². The van der Waals surface area contributed by atoms with Gasteiger partial charge in [-0.25, -0.2) is 18.7 Å². The molecular weight excluding hydrogens is 368 g/mol. The van der Waals surface area contributed by atoms with Gasteiger partial charge in [-0.1, -0.05) is 0 Å². The van der Waals surface area contributed by atoms with Crippen molar-refractivity contribution in [1.82, 2.24) is 24.7 Å². The Morgan fingerprint density at radius 3 is 2.82 bits per heavy atom. The van der Waals surface area contributed by atoms with Crippen molar-refractivity contribution in [3.8, 4) is 29.1 Å². The summed E-state index contributed by atoms with van der Waals surface area (Å²) in [6.45, 7) is -0.573. The average molecular weight is 381 g/mol. The summed E-state index contributed by atoms with van der Waals surface area (Å²) in [5, 5.41) is 19.7. The Hall–Kier alpha value is -3.87. The Morgan fingerprint density at radius 1 is 1.21 bits per heavy atom. The van der Waals surface area contributed by atoms with Crippen molar-refractivity contribution in [1.29, 1.82) is 5.26 Å². The maximum absolute atomic E-state index is 12.4. The summed E-state index contributed by atoms with van der Waals surface area (Å²) >= 11 is 0. The minimum atomic E-state index is -2.54. The monoisotopic (exact) mass is 381 g/mol. The first-order valence-electron chi connectivity index (χ1n) is 8.22. The third-order valence-electron chi connectivity index (χ3n) is 4.09. The highest BCUT2D eigenvalue weighted by molar-refractivity contribution is 5.80. The number of alkyl halides is 2. The second-order valence-electron chi connectivity index (χ2n) is 5.97. The smallest absolute Gasteiger partial charge is 0.266 e. The van der Waals surface area contributed by atoms with Gasteiger partial charge < -0.3 is 14.3 Å². The molecule has 0 aliphatic rings. The van der Waals surface area contributed by atoms with Gasteiger partial charge >= 0.3 is 0 Å². The third kappa shape index (κ3) is 3.25. The summed E-state index contributed by atoms with van der Waals surface area (Å²) in [6.07, 6.45) is 0.464. The van der Waals surface area contributed by atoms with Crippen LogP contribution in [0.2, 0.25) is 0 Å². The number of anilines is 1. The first-order chi connectivity index (χ1) is 13.5. The molecule has 0 radical (unpaired) electrons. The number of aromatic nitrogens is 5. The molecule has 0 atom stereocenters. The molecule has 0 saturated heterocycles. The van der Waals surface area contributed by atoms with E-state index < -0.39 is 13.0 Å². The molecule has 4 rings (SSSR count). The van der Waals surface area contributed by atoms with Crippen LogP contribution < -0.4 is 5.32 Å². The van der Waals surface area contributed by atoms with Crippen molar-refractivity contribution in [3.63, 3.8) is 0 Å². The zero-order valence-electron chi connectivity index (χ0n) is 14.6. The first kappa shape index (κ1) is 17.5. The topological polar surface area (TPSA) is 105 Å². The molecule has 0 fully saturated rings. The second-order valence-corrected chi connectivity index (χ2v) is 5.97. The lowest BCUT2D eigenvalue weighted by atomic mass is 10.2. The molecule has 8 nitrogen and oxygen atoms in total. The first-order valence-corrected chi connectivity index (χ1v) is 8.22. The van der Waals surface area contributed by atoms with Gasteiger partial charge in [0.05, 0.1) is 41.4 Å². The summed E-state index contributed by atoms with van der Waals surface area (Å²) in [5.74, 6) is 0.399. The van der Waals surface area contributed by atoms with Crippen LogP contribution in [0, 0.1) is 11.3 Å². The molecule has 1 aromatic carbocycles. The van der Waals surface area contributed by atoms with Gasteiger partial charge in [-0.05, 0) is 24.3 Å². The predicted molar refractivity (Wildman–Crippen MR) is 96.4 cm³/mol. The molecule has 0 amide bonds. The van der Waals surface area contributed by atoms with E-state index >= 15 is 0 Å². The fourth-order valence-corrected chi connectivity index (χ4v) is 2.71. The number of imidazole rings is 1. The van der Waals surface area contributed by atoms with Crippen LogP contribution in [0.25, 0.3) is 34.1 Å². The lowest BCUT2D eigenvalue weighted by Crippen LogP contribution is -2.11. The molecule has 0 saturated carbocycles. The number of benzene rings is 1. The van der Waals surface area contributed by atoms with E-state index in [0.29, 0.717) is 5.56 Å². The largest absolute Gasteiger partial charge is 0.415 e. The zero-order valence-corrected chi connectivity index (χ0v) is 14.6. The molecule has 3 heterocycles. The Morgan fingerprint density at radius 2 is 2.04 bits per heavy atom. The number of nitriles is 1. The van der Waals surface area contributed by atoms with Crippen molar-refractivity contribution in [2.75, 3.05) is 11.9 Å². The molecule has 0 aliphatic carbocycles. The number of halogens is 2. The fourth-order valence-electron chi connectivity index (χ4n) is 2.71. The lowest BCUT2D eigenvalue weighted by Gasteiger charge is -2.07. The highest BCUT2D eigenvalue weighted by Crippen LogP contribution is 2.27. The van der Waals surface area contributed by atoms with E-state index in [4.69, 9.17) is 4.42 Å². The Kier molecular flexibility index (Phi) is 4.41. The van der Waals surface area contributed by atoms with Crippen molar-refractivity contribution >= 4 is 16.7 Å². The number of hydrogen-bond donors (Lipinski definition) is 1. The molecular formula is C18H13F2N7O. The maximum Gasteiger partial charge on any atom is 0.266 e. The highest BCUT2D eigenvalue weighted by Gasteiger charge is 2.15. The zero-order chi connectivity index (χ0) is 19.7. The van der Waals surface area contributed by atoms with Gasteiger partial charge in [0, 0.05) is 12.6 Å². The number of pyridine rings is 1. The van der Waals surface area contributed by atoms with E-state index in [9.17, 15) is 14.0 Å². The van der Waals surface area contributed by atoms with Crippen LogP contribution in [0.1, 0.15) is 5.56 Å². The van der Waals surface area contributed by atoms with Crippen LogP contribution in [0.4, 0.5) is 14.5 Å². The van der Waals surface area contributed by atoms with Crippen LogP contribution in [-0.2, 0) is 7.05 Å². The summed E-state index contributed by atoms with van der Waals surface area (Å²) in [7, 11) is 1.90. The molecule has 3 aromatic heterocycles. The van der Waals surface area contributed by atoms with E-state index in [0.717, 1.165) is 11.0 Å². The third-order valence-corrected chi connectivity index (χ3v) is 4.09. The van der Waals surface area contributed by atoms with Crippen LogP contribution in [0.5, 0.6) is 0 Å². The van der Waals surface area contributed by atoms with Crippen LogP contribution in [0.15, 0.2) is 41.2 Å². The quantitative estimate of drug-likeness (QED) is 0.566. The number of rotatable bonds is 5. The summed E-state index contributed by atoms with van der Waals surface area (Å²) in [4.78, 5) is 8.42. The SMILES string of the molecule is Cn1cnc2cc(-c3nnc(-c4cc(C#N)c(NCC(F)F)cn4)o3)ccc21. The van der Waals surface area contributed by atoms with Gasteiger partial charge in [0.25, 0.3) is 12.3 Å². The normalized spacial score (nSPS) is 11.1. The van der Waals surface area contributed by atoms with E-state index in [-0.39, 0.29) is 28.7 Å². The van der Waals surface area contributed by atoms with Crippen molar-refractivity contribution < 1.29 is 13.2 Å².